The summed E-state index contributed by atoms with van der Waals surface area (Å²) >= 11 is 0. The minimum atomic E-state index is -4.62. The number of hydrogen-bond donors (Lipinski definition) is 2. The molecule has 11 heteroatoms. The highest BCUT2D eigenvalue weighted by molar-refractivity contribution is 5.82. The minimum Gasteiger partial charge on any atom is -0.357 e. The molecule has 1 aliphatic carbocycles. The third kappa shape index (κ3) is 5.37. The zero-order chi connectivity index (χ0) is 25.2. The molecule has 1 aromatic carbocycles. The fraction of sp³-hybridized carbons (Fsp3) is 0.417. The van der Waals surface area contributed by atoms with Gasteiger partial charge in [0.1, 0.15) is 23.7 Å². The van der Waals surface area contributed by atoms with Gasteiger partial charge in [0.15, 0.2) is 0 Å². The molecule has 0 bridgehead atoms. The Morgan fingerprint density at radius 2 is 1.91 bits per heavy atom. The summed E-state index contributed by atoms with van der Waals surface area (Å²) in [6.07, 6.45) is 1.41. The van der Waals surface area contributed by atoms with E-state index in [1.54, 1.807) is 6.07 Å². The van der Waals surface area contributed by atoms with Gasteiger partial charge in [-0.05, 0) is 25.0 Å². The topological polar surface area (TPSA) is 93.9 Å². The molecule has 2 aromatic rings. The highest BCUT2D eigenvalue weighted by Gasteiger charge is 2.46. The molecule has 1 fully saturated rings. The molecular weight excluding hydrogens is 464 g/mol. The molecule has 1 aliphatic heterocycles. The maximum absolute atomic E-state index is 14.2. The van der Waals surface area contributed by atoms with Crippen LogP contribution in [0.5, 0.6) is 0 Å². The van der Waals surface area contributed by atoms with Crippen molar-refractivity contribution in [2.24, 2.45) is 5.92 Å². The SMILES string of the molecule is CNc1nc(-c2ccc(C#N)c(F)c2)cc(N2CC(C(=O)NC3CCCC3)C=CC2C(F)(F)F)n1. The summed E-state index contributed by atoms with van der Waals surface area (Å²) in [6, 6.07) is 4.92. The van der Waals surface area contributed by atoms with E-state index in [1.807, 2.05) is 0 Å². The van der Waals surface area contributed by atoms with Crippen LogP contribution in [0, 0.1) is 23.1 Å². The summed E-state index contributed by atoms with van der Waals surface area (Å²) in [5.41, 5.74) is 0.282. The van der Waals surface area contributed by atoms with Crippen LogP contribution in [-0.4, -0.2) is 47.7 Å². The number of benzene rings is 1. The number of nitriles is 1. The monoisotopic (exact) mass is 488 g/mol. The first-order valence-corrected chi connectivity index (χ1v) is 11.3. The summed E-state index contributed by atoms with van der Waals surface area (Å²) in [6.45, 7) is -0.236. The first kappa shape index (κ1) is 24.4. The third-order valence-corrected chi connectivity index (χ3v) is 6.24. The first-order chi connectivity index (χ1) is 16.7. The van der Waals surface area contributed by atoms with Gasteiger partial charge >= 0.3 is 6.18 Å². The number of hydrogen-bond acceptors (Lipinski definition) is 6. The number of halogens is 4. The number of nitrogens with one attached hydrogen (secondary N) is 2. The van der Waals surface area contributed by atoms with Gasteiger partial charge in [0, 0.05) is 31.3 Å². The van der Waals surface area contributed by atoms with Crippen molar-refractivity contribution in [2.45, 2.75) is 43.9 Å². The molecule has 1 aromatic heterocycles. The maximum Gasteiger partial charge on any atom is 0.412 e. The Morgan fingerprint density at radius 3 is 2.54 bits per heavy atom. The van der Waals surface area contributed by atoms with Crippen molar-refractivity contribution < 1.29 is 22.4 Å². The van der Waals surface area contributed by atoms with Gasteiger partial charge in [0.05, 0.1) is 17.2 Å². The number of carbonyl (C=O) groups excluding carboxylic acids is 1. The largest absolute Gasteiger partial charge is 0.412 e. The molecule has 2 unspecified atom stereocenters. The Hall–Kier alpha value is -3.68. The predicted octanol–water partition coefficient (Wildman–Crippen LogP) is 4.18. The fourth-order valence-corrected chi connectivity index (χ4v) is 4.41. The van der Waals surface area contributed by atoms with Crippen LogP contribution in [0.4, 0.5) is 29.3 Å². The Kier molecular flexibility index (Phi) is 6.91. The molecule has 2 aliphatic rings. The van der Waals surface area contributed by atoms with Gasteiger partial charge in [-0.25, -0.2) is 9.37 Å². The average molecular weight is 488 g/mol. The number of amides is 1. The van der Waals surface area contributed by atoms with Crippen molar-refractivity contribution in [3.8, 4) is 17.3 Å². The Morgan fingerprint density at radius 1 is 1.17 bits per heavy atom. The number of alkyl halides is 3. The standard InChI is InChI=1S/C24H24F4N6O/c1-30-23-32-19(14-6-7-15(12-29)18(25)10-14)11-21(33-23)34-13-16(8-9-20(34)24(26,27)28)22(35)31-17-4-2-3-5-17/h6-11,16-17,20H,2-5,13H2,1H3,(H,31,35)(H,30,32,33). The Bertz CT molecular complexity index is 1170. The molecule has 4 rings (SSSR count). The van der Waals surface area contributed by atoms with Gasteiger partial charge < -0.3 is 15.5 Å². The van der Waals surface area contributed by atoms with E-state index < -0.39 is 24.0 Å². The zero-order valence-corrected chi connectivity index (χ0v) is 18.9. The molecule has 1 saturated carbocycles. The van der Waals surface area contributed by atoms with Crippen LogP contribution in [0.3, 0.4) is 0 Å². The van der Waals surface area contributed by atoms with Crippen molar-refractivity contribution in [3.63, 3.8) is 0 Å². The van der Waals surface area contributed by atoms with Crippen LogP contribution in [0.2, 0.25) is 0 Å². The van der Waals surface area contributed by atoms with Crippen molar-refractivity contribution in [2.75, 3.05) is 23.8 Å². The van der Waals surface area contributed by atoms with E-state index in [0.717, 1.165) is 42.7 Å². The molecule has 1 amide bonds. The summed E-state index contributed by atoms with van der Waals surface area (Å²) in [4.78, 5) is 22.3. The van der Waals surface area contributed by atoms with Crippen LogP contribution in [-0.2, 0) is 4.79 Å². The van der Waals surface area contributed by atoms with Gasteiger partial charge in [0.2, 0.25) is 11.9 Å². The number of rotatable bonds is 5. The first-order valence-electron chi connectivity index (χ1n) is 11.3. The van der Waals surface area contributed by atoms with Gasteiger partial charge in [-0.3, -0.25) is 4.79 Å². The highest BCUT2D eigenvalue weighted by Crippen LogP contribution is 2.35. The number of aromatic nitrogens is 2. The molecular formula is C24H24F4N6O. The number of anilines is 2. The van der Waals surface area contributed by atoms with Crippen LogP contribution in [0.15, 0.2) is 36.4 Å². The Labute approximate surface area is 199 Å². The molecule has 184 valence electrons. The lowest BCUT2D eigenvalue weighted by Crippen LogP contribution is -2.52. The van der Waals surface area contributed by atoms with Crippen LogP contribution >= 0.6 is 0 Å². The molecule has 2 atom stereocenters. The zero-order valence-electron chi connectivity index (χ0n) is 18.9. The number of carbonyl (C=O) groups is 1. The molecule has 35 heavy (non-hydrogen) atoms. The van der Waals surface area contributed by atoms with E-state index in [0.29, 0.717) is 0 Å². The second kappa shape index (κ2) is 9.90. The molecule has 0 radical (unpaired) electrons. The minimum absolute atomic E-state index is 0.0321. The van der Waals surface area contributed by atoms with Crippen LogP contribution in [0.25, 0.3) is 11.3 Å². The molecule has 2 heterocycles. The predicted molar refractivity (Wildman–Crippen MR) is 122 cm³/mol. The van der Waals surface area contributed by atoms with Gasteiger partial charge in [-0.1, -0.05) is 31.1 Å². The van der Waals surface area contributed by atoms with E-state index in [4.69, 9.17) is 5.26 Å². The van der Waals surface area contributed by atoms with Crippen molar-refractivity contribution in [1.29, 1.82) is 5.26 Å². The third-order valence-electron chi connectivity index (χ3n) is 6.24. The van der Waals surface area contributed by atoms with E-state index >= 15 is 0 Å². The van der Waals surface area contributed by atoms with Crippen molar-refractivity contribution in [1.82, 2.24) is 15.3 Å². The maximum atomic E-state index is 14.2. The van der Waals surface area contributed by atoms with E-state index in [1.165, 1.54) is 31.3 Å². The van der Waals surface area contributed by atoms with E-state index in [9.17, 15) is 22.4 Å². The summed E-state index contributed by atoms with van der Waals surface area (Å²) in [5, 5.41) is 14.6. The van der Waals surface area contributed by atoms with Gasteiger partial charge in [0.25, 0.3) is 0 Å². The lowest BCUT2D eigenvalue weighted by atomic mass is 9.98. The lowest BCUT2D eigenvalue weighted by Gasteiger charge is -2.37. The molecule has 2 N–H and O–H groups in total. The lowest BCUT2D eigenvalue weighted by molar-refractivity contribution is -0.140. The van der Waals surface area contributed by atoms with Crippen LogP contribution < -0.4 is 15.5 Å². The van der Waals surface area contributed by atoms with E-state index in [2.05, 4.69) is 20.6 Å². The normalized spacial score (nSPS) is 20.5. The fourth-order valence-electron chi connectivity index (χ4n) is 4.41. The van der Waals surface area contributed by atoms with E-state index in [-0.39, 0.29) is 47.1 Å². The quantitative estimate of drug-likeness (QED) is 0.485. The molecule has 7 nitrogen and oxygen atoms in total. The summed E-state index contributed by atoms with van der Waals surface area (Å²) < 4.78 is 56.0. The second-order valence-electron chi connectivity index (χ2n) is 8.61. The van der Waals surface area contributed by atoms with Crippen LogP contribution in [0.1, 0.15) is 31.2 Å². The second-order valence-corrected chi connectivity index (χ2v) is 8.61. The molecule has 0 saturated heterocycles. The average Bonchev–Trinajstić information content (AvgIpc) is 3.35. The highest BCUT2D eigenvalue weighted by atomic mass is 19.4. The van der Waals surface area contributed by atoms with Crippen molar-refractivity contribution in [3.05, 3.63) is 47.8 Å². The molecule has 0 spiro atoms. The van der Waals surface area contributed by atoms with Crippen molar-refractivity contribution >= 4 is 17.7 Å². The summed E-state index contributed by atoms with van der Waals surface area (Å²) in [5.74, 6) is -1.91. The van der Waals surface area contributed by atoms with Gasteiger partial charge in [-0.2, -0.15) is 23.4 Å². The smallest absolute Gasteiger partial charge is 0.357 e. The number of nitrogens with zero attached hydrogens (tertiary/aromatic N) is 4. The van der Waals surface area contributed by atoms with Gasteiger partial charge in [-0.15, -0.1) is 0 Å². The summed E-state index contributed by atoms with van der Waals surface area (Å²) in [7, 11) is 1.51. The Balaban J connectivity index is 1.70.